The molecule has 2 rings (SSSR count). The number of hydrogen-bond acceptors (Lipinski definition) is 4. The molecule has 1 fully saturated rings. The Morgan fingerprint density at radius 1 is 1.71 bits per heavy atom. The van der Waals surface area contributed by atoms with Gasteiger partial charge in [0.05, 0.1) is 12.2 Å². The van der Waals surface area contributed by atoms with E-state index in [1.807, 2.05) is 0 Å². The number of H-pyrrole nitrogens is 1. The van der Waals surface area contributed by atoms with Crippen molar-refractivity contribution in [2.75, 3.05) is 0 Å². The SMILES string of the molecule is Cc1ncc(S(=O)(=O)NC(C(=N)N)C2CC2)[nH]1. The van der Waals surface area contributed by atoms with E-state index < -0.39 is 16.1 Å². The van der Waals surface area contributed by atoms with E-state index in [0.717, 1.165) is 12.8 Å². The summed E-state index contributed by atoms with van der Waals surface area (Å²) < 4.78 is 26.4. The molecule has 0 radical (unpaired) electrons. The van der Waals surface area contributed by atoms with Crippen LogP contribution in [0.15, 0.2) is 11.2 Å². The summed E-state index contributed by atoms with van der Waals surface area (Å²) in [6.07, 6.45) is 3.05. The van der Waals surface area contributed by atoms with Crippen LogP contribution in [0.2, 0.25) is 0 Å². The number of aromatic nitrogens is 2. The minimum Gasteiger partial charge on any atom is -0.386 e. The number of amidine groups is 1. The number of hydrogen-bond donors (Lipinski definition) is 4. The first kappa shape index (κ1) is 12.1. The Kier molecular flexibility index (Phi) is 2.92. The van der Waals surface area contributed by atoms with Gasteiger partial charge in [-0.2, -0.15) is 4.72 Å². The molecule has 8 heteroatoms. The zero-order valence-electron chi connectivity index (χ0n) is 9.40. The summed E-state index contributed by atoms with van der Waals surface area (Å²) in [4.78, 5) is 6.48. The van der Waals surface area contributed by atoms with Crippen LogP contribution in [-0.2, 0) is 10.0 Å². The molecular weight excluding hydrogens is 242 g/mol. The number of sulfonamides is 1. The van der Waals surface area contributed by atoms with E-state index in [1.165, 1.54) is 6.20 Å². The quantitative estimate of drug-likeness (QED) is 0.427. The predicted molar refractivity (Wildman–Crippen MR) is 62.1 cm³/mol. The van der Waals surface area contributed by atoms with E-state index in [4.69, 9.17) is 11.1 Å². The van der Waals surface area contributed by atoms with E-state index in [9.17, 15) is 8.42 Å². The van der Waals surface area contributed by atoms with Crippen LogP contribution in [0, 0.1) is 18.3 Å². The molecule has 1 aliphatic carbocycles. The lowest BCUT2D eigenvalue weighted by molar-refractivity contribution is 0.560. The highest BCUT2D eigenvalue weighted by atomic mass is 32.2. The highest BCUT2D eigenvalue weighted by molar-refractivity contribution is 7.89. The smallest absolute Gasteiger partial charge is 0.258 e. The summed E-state index contributed by atoms with van der Waals surface area (Å²) in [6, 6.07) is -0.608. The second kappa shape index (κ2) is 4.11. The molecular formula is C9H15N5O2S. The van der Waals surface area contributed by atoms with Crippen LogP contribution in [0.5, 0.6) is 0 Å². The van der Waals surface area contributed by atoms with Crippen molar-refractivity contribution in [2.24, 2.45) is 11.7 Å². The fourth-order valence-electron chi connectivity index (χ4n) is 1.61. The lowest BCUT2D eigenvalue weighted by Gasteiger charge is -2.15. The highest BCUT2D eigenvalue weighted by Gasteiger charge is 2.36. The number of nitrogens with one attached hydrogen (secondary N) is 3. The number of aryl methyl sites for hydroxylation is 1. The third kappa shape index (κ3) is 2.64. The lowest BCUT2D eigenvalue weighted by atomic mass is 10.2. The van der Waals surface area contributed by atoms with Gasteiger partial charge >= 0.3 is 0 Å². The fourth-order valence-corrected chi connectivity index (χ4v) is 2.86. The molecule has 1 aliphatic rings. The first-order valence-corrected chi connectivity index (χ1v) is 6.76. The molecule has 0 spiro atoms. The van der Waals surface area contributed by atoms with Crippen LogP contribution >= 0.6 is 0 Å². The fraction of sp³-hybridized carbons (Fsp3) is 0.556. The van der Waals surface area contributed by atoms with Crippen LogP contribution in [0.3, 0.4) is 0 Å². The maximum Gasteiger partial charge on any atom is 0.258 e. The van der Waals surface area contributed by atoms with E-state index >= 15 is 0 Å². The first-order chi connectivity index (χ1) is 7.90. The largest absolute Gasteiger partial charge is 0.386 e. The number of nitrogens with two attached hydrogens (primary N) is 1. The summed E-state index contributed by atoms with van der Waals surface area (Å²) in [7, 11) is -3.68. The van der Waals surface area contributed by atoms with Gasteiger partial charge in [0.15, 0.2) is 5.03 Å². The molecule has 94 valence electrons. The molecule has 0 saturated heterocycles. The summed E-state index contributed by atoms with van der Waals surface area (Å²) >= 11 is 0. The summed E-state index contributed by atoms with van der Waals surface area (Å²) in [6.45, 7) is 1.67. The van der Waals surface area contributed by atoms with E-state index in [-0.39, 0.29) is 16.8 Å². The van der Waals surface area contributed by atoms with Gasteiger partial charge in [-0.15, -0.1) is 0 Å². The number of nitrogens with zero attached hydrogens (tertiary/aromatic N) is 1. The van der Waals surface area contributed by atoms with Gasteiger partial charge in [-0.1, -0.05) is 0 Å². The Bertz CT molecular complexity index is 531. The normalized spacial score (nSPS) is 17.9. The topological polar surface area (TPSA) is 125 Å². The molecule has 1 saturated carbocycles. The van der Waals surface area contributed by atoms with Crippen molar-refractivity contribution in [2.45, 2.75) is 30.8 Å². The average Bonchev–Trinajstić information content (AvgIpc) is 2.96. The zero-order chi connectivity index (χ0) is 12.6. The maximum absolute atomic E-state index is 12.0. The van der Waals surface area contributed by atoms with E-state index in [1.54, 1.807) is 6.92 Å². The van der Waals surface area contributed by atoms with Gasteiger partial charge in [-0.3, -0.25) is 5.41 Å². The Labute approximate surface area is 99.4 Å². The minimum atomic E-state index is -3.68. The van der Waals surface area contributed by atoms with Gasteiger partial charge < -0.3 is 10.7 Å². The Morgan fingerprint density at radius 2 is 2.35 bits per heavy atom. The highest BCUT2D eigenvalue weighted by Crippen LogP contribution is 2.33. The van der Waals surface area contributed by atoms with Crippen molar-refractivity contribution in [3.05, 3.63) is 12.0 Å². The van der Waals surface area contributed by atoms with E-state index in [2.05, 4.69) is 14.7 Å². The summed E-state index contributed by atoms with van der Waals surface area (Å²) in [5, 5.41) is 7.40. The van der Waals surface area contributed by atoms with Crippen LogP contribution in [0.1, 0.15) is 18.7 Å². The van der Waals surface area contributed by atoms with Crippen LogP contribution in [0.4, 0.5) is 0 Å². The molecule has 1 aromatic heterocycles. The van der Waals surface area contributed by atoms with Crippen LogP contribution < -0.4 is 10.5 Å². The third-order valence-electron chi connectivity index (χ3n) is 2.68. The van der Waals surface area contributed by atoms with Gasteiger partial charge in [0.2, 0.25) is 0 Å². The van der Waals surface area contributed by atoms with Gasteiger partial charge in [-0.05, 0) is 25.7 Å². The Balaban J connectivity index is 2.18. The monoisotopic (exact) mass is 257 g/mol. The first-order valence-electron chi connectivity index (χ1n) is 5.28. The molecule has 1 atom stereocenters. The molecule has 0 aromatic carbocycles. The molecule has 1 aromatic rings. The van der Waals surface area contributed by atoms with Gasteiger partial charge in [0.25, 0.3) is 10.0 Å². The molecule has 0 aliphatic heterocycles. The summed E-state index contributed by atoms with van der Waals surface area (Å²) in [5.41, 5.74) is 5.40. The second-order valence-corrected chi connectivity index (χ2v) is 5.91. The van der Waals surface area contributed by atoms with Crippen molar-refractivity contribution >= 4 is 15.9 Å². The predicted octanol–water partition coefficient (Wildman–Crippen LogP) is -0.289. The third-order valence-corrected chi connectivity index (χ3v) is 4.03. The minimum absolute atomic E-state index is 0.00176. The van der Waals surface area contributed by atoms with Crippen molar-refractivity contribution in [3.63, 3.8) is 0 Å². The number of rotatable bonds is 5. The second-order valence-electron chi connectivity index (χ2n) is 4.22. The van der Waals surface area contributed by atoms with Crippen molar-refractivity contribution in [3.8, 4) is 0 Å². The molecule has 0 bridgehead atoms. The Morgan fingerprint density at radius 3 is 2.76 bits per heavy atom. The molecule has 7 nitrogen and oxygen atoms in total. The lowest BCUT2D eigenvalue weighted by Crippen LogP contribution is -2.45. The number of aromatic amines is 1. The average molecular weight is 257 g/mol. The Hall–Kier alpha value is -1.41. The van der Waals surface area contributed by atoms with Crippen LogP contribution in [0.25, 0.3) is 0 Å². The van der Waals surface area contributed by atoms with Crippen molar-refractivity contribution < 1.29 is 8.42 Å². The molecule has 17 heavy (non-hydrogen) atoms. The number of imidazole rings is 1. The van der Waals surface area contributed by atoms with Crippen LogP contribution in [-0.4, -0.2) is 30.3 Å². The molecule has 1 heterocycles. The molecule has 0 amide bonds. The van der Waals surface area contributed by atoms with Gasteiger partial charge in [-0.25, -0.2) is 13.4 Å². The molecule has 5 N–H and O–H groups in total. The van der Waals surface area contributed by atoms with Crippen molar-refractivity contribution in [1.29, 1.82) is 5.41 Å². The van der Waals surface area contributed by atoms with Gasteiger partial charge in [0, 0.05) is 0 Å². The zero-order valence-corrected chi connectivity index (χ0v) is 10.2. The molecule has 1 unspecified atom stereocenters. The van der Waals surface area contributed by atoms with E-state index in [0.29, 0.717) is 5.82 Å². The maximum atomic E-state index is 12.0. The summed E-state index contributed by atoms with van der Waals surface area (Å²) in [5.74, 6) is 0.523. The standard InChI is InChI=1S/C9H15N5O2S/c1-5-12-4-7(13-5)17(15,16)14-8(9(10)11)6-2-3-6/h4,6,8,14H,2-3H2,1H3,(H3,10,11)(H,12,13). The van der Waals surface area contributed by atoms with Gasteiger partial charge in [0.1, 0.15) is 11.7 Å². The van der Waals surface area contributed by atoms with Crippen molar-refractivity contribution in [1.82, 2.24) is 14.7 Å².